The average Bonchev–Trinajstić information content (AvgIpc) is 2.83. The summed E-state index contributed by atoms with van der Waals surface area (Å²) in [7, 11) is 1.58. The van der Waals surface area contributed by atoms with Crippen molar-refractivity contribution in [3.63, 3.8) is 0 Å². The van der Waals surface area contributed by atoms with Crippen molar-refractivity contribution in [3.05, 3.63) is 71.2 Å². The fourth-order valence-electron chi connectivity index (χ4n) is 3.69. The number of amides is 1. The van der Waals surface area contributed by atoms with E-state index in [0.717, 1.165) is 16.8 Å². The molecule has 0 saturated carbocycles. The summed E-state index contributed by atoms with van der Waals surface area (Å²) in [5, 5.41) is 16.7. The van der Waals surface area contributed by atoms with Gasteiger partial charge in [-0.2, -0.15) is 5.26 Å². The molecule has 0 unspecified atom stereocenters. The number of aromatic nitrogens is 2. The monoisotopic (exact) mass is 431 g/mol. The highest BCUT2D eigenvalue weighted by Crippen LogP contribution is 2.39. The van der Waals surface area contributed by atoms with Gasteiger partial charge in [0.25, 0.3) is 12.4 Å². The molecule has 0 saturated heterocycles. The molecule has 0 atom stereocenters. The molecule has 32 heavy (non-hydrogen) atoms. The van der Waals surface area contributed by atoms with Crippen LogP contribution >= 0.6 is 0 Å². The summed E-state index contributed by atoms with van der Waals surface area (Å²) in [6.45, 7) is 0.600. The van der Waals surface area contributed by atoms with Crippen molar-refractivity contribution < 1.29 is 19.4 Å². The van der Waals surface area contributed by atoms with Crippen molar-refractivity contribution in [3.8, 4) is 22.9 Å². The van der Waals surface area contributed by atoms with Crippen LogP contribution in [0.15, 0.2) is 48.8 Å². The third-order valence-electron chi connectivity index (χ3n) is 5.06. The van der Waals surface area contributed by atoms with Crippen molar-refractivity contribution in [2.24, 2.45) is 0 Å². The summed E-state index contributed by atoms with van der Waals surface area (Å²) >= 11 is 0. The minimum atomic E-state index is -0.250. The predicted molar refractivity (Wildman–Crippen MR) is 117 cm³/mol. The second-order valence-electron chi connectivity index (χ2n) is 6.81. The van der Waals surface area contributed by atoms with Gasteiger partial charge in [0.1, 0.15) is 23.2 Å². The zero-order valence-corrected chi connectivity index (χ0v) is 17.4. The molecule has 4 rings (SSSR count). The molecule has 0 bridgehead atoms. The molecule has 1 aliphatic rings. The first-order chi connectivity index (χ1) is 15.5. The van der Waals surface area contributed by atoms with Crippen LogP contribution in [-0.4, -0.2) is 46.0 Å². The van der Waals surface area contributed by atoms with Gasteiger partial charge in [-0.25, -0.2) is 4.98 Å². The first-order valence-corrected chi connectivity index (χ1v) is 9.67. The number of nitrogens with zero attached hydrogens (tertiary/aromatic N) is 4. The van der Waals surface area contributed by atoms with Crippen molar-refractivity contribution >= 4 is 18.2 Å². The molecule has 162 valence electrons. The molecule has 9 nitrogen and oxygen atoms in total. The van der Waals surface area contributed by atoms with Crippen LogP contribution in [0.25, 0.3) is 11.1 Å². The fraction of sp³-hybridized carbons (Fsp3) is 0.174. The summed E-state index contributed by atoms with van der Waals surface area (Å²) in [4.78, 5) is 31.6. The smallest absolute Gasteiger partial charge is 0.290 e. The number of para-hydroxylation sites is 1. The summed E-state index contributed by atoms with van der Waals surface area (Å²) in [5.74, 6) is 0.719. The van der Waals surface area contributed by atoms with Gasteiger partial charge in [-0.3, -0.25) is 14.6 Å². The molecule has 1 aromatic carbocycles. The number of ether oxygens (including phenoxy) is 1. The van der Waals surface area contributed by atoms with Crippen molar-refractivity contribution in [2.45, 2.75) is 13.0 Å². The van der Waals surface area contributed by atoms with Gasteiger partial charge in [-0.1, -0.05) is 18.2 Å². The molecule has 3 aromatic rings. The predicted octanol–water partition coefficient (Wildman–Crippen LogP) is 2.51. The zero-order valence-electron chi connectivity index (χ0n) is 17.4. The number of pyridine rings is 2. The minimum Gasteiger partial charge on any atom is -0.496 e. The van der Waals surface area contributed by atoms with Crippen molar-refractivity contribution in [1.82, 2.24) is 14.9 Å². The third kappa shape index (κ3) is 4.34. The molecule has 2 aromatic heterocycles. The maximum Gasteiger partial charge on any atom is 0.290 e. The van der Waals surface area contributed by atoms with E-state index in [0.29, 0.717) is 42.0 Å². The molecule has 3 heterocycles. The lowest BCUT2D eigenvalue weighted by atomic mass is 9.90. The third-order valence-corrected chi connectivity index (χ3v) is 5.06. The van der Waals surface area contributed by atoms with Gasteiger partial charge in [0, 0.05) is 48.6 Å². The highest BCUT2D eigenvalue weighted by molar-refractivity contribution is 5.94. The van der Waals surface area contributed by atoms with Gasteiger partial charge in [-0.05, 0) is 18.2 Å². The summed E-state index contributed by atoms with van der Waals surface area (Å²) in [6, 6.07) is 13.1. The number of carbonyl (C=O) groups is 2. The van der Waals surface area contributed by atoms with Crippen LogP contribution in [0.5, 0.6) is 5.75 Å². The number of fused-ring (bicyclic) bond motifs is 1. The molecule has 3 N–H and O–H groups in total. The van der Waals surface area contributed by atoms with E-state index in [1.54, 1.807) is 36.5 Å². The number of methoxy groups -OCH3 is 1. The van der Waals surface area contributed by atoms with Crippen molar-refractivity contribution in [1.29, 1.82) is 5.26 Å². The quantitative estimate of drug-likeness (QED) is 0.602. The fourth-order valence-corrected chi connectivity index (χ4v) is 3.69. The number of nitrogens with two attached hydrogens (primary N) is 1. The second-order valence-corrected chi connectivity index (χ2v) is 6.81. The van der Waals surface area contributed by atoms with Gasteiger partial charge < -0.3 is 20.5 Å². The number of nitrogen functional groups attached to an aromatic ring is 1. The normalized spacial score (nSPS) is 11.9. The van der Waals surface area contributed by atoms with E-state index in [-0.39, 0.29) is 18.2 Å². The van der Waals surface area contributed by atoms with Crippen LogP contribution in [0.2, 0.25) is 0 Å². The number of hydrogen-bond donors (Lipinski definition) is 2. The Balaban J connectivity index is 0.000000913. The Hall–Kier alpha value is -4.45. The van der Waals surface area contributed by atoms with Gasteiger partial charge in [0.15, 0.2) is 0 Å². The first kappa shape index (κ1) is 22.2. The second kappa shape index (κ2) is 10.0. The Kier molecular flexibility index (Phi) is 6.98. The van der Waals surface area contributed by atoms with E-state index in [1.165, 1.54) is 0 Å². The Labute approximate surface area is 184 Å². The summed E-state index contributed by atoms with van der Waals surface area (Å²) in [5.41, 5.74) is 9.99. The molecule has 0 radical (unpaired) electrons. The average molecular weight is 431 g/mol. The van der Waals surface area contributed by atoms with E-state index >= 15 is 0 Å². The maximum atomic E-state index is 13.0. The lowest BCUT2D eigenvalue weighted by Crippen LogP contribution is -2.37. The van der Waals surface area contributed by atoms with Crippen LogP contribution in [0, 0.1) is 11.3 Å². The maximum absolute atomic E-state index is 13.0. The molecular formula is C23H21N5O4. The number of hydrogen-bond acceptors (Lipinski definition) is 7. The molecule has 9 heteroatoms. The number of rotatable bonds is 3. The van der Waals surface area contributed by atoms with Gasteiger partial charge in [-0.15, -0.1) is 0 Å². The summed E-state index contributed by atoms with van der Waals surface area (Å²) < 4.78 is 5.51. The first-order valence-electron chi connectivity index (χ1n) is 9.67. The van der Waals surface area contributed by atoms with Gasteiger partial charge >= 0.3 is 0 Å². The largest absolute Gasteiger partial charge is 0.496 e. The standard InChI is InChI=1S/C22H19N5O2.CH2O2/c1-29-19-7-3-2-6-15(19)20-16(11-23)21(24)26-18-8-10-27(13-17(18)20)22(28)14-5-4-9-25-12-14;2-1-3/h2-7,9,12H,8,10,13H2,1H3,(H2,24,26);1H,(H,2,3). The highest BCUT2D eigenvalue weighted by Gasteiger charge is 2.29. The number of carbonyl (C=O) groups excluding carboxylic acids is 1. The number of carboxylic acid groups (broad SMARTS) is 1. The topological polar surface area (TPSA) is 142 Å². The Bertz CT molecular complexity index is 1170. The Morgan fingerprint density at radius 3 is 2.72 bits per heavy atom. The number of nitriles is 1. The lowest BCUT2D eigenvalue weighted by molar-refractivity contribution is -0.122. The van der Waals surface area contributed by atoms with E-state index < -0.39 is 0 Å². The van der Waals surface area contributed by atoms with Crippen LogP contribution < -0.4 is 10.5 Å². The van der Waals surface area contributed by atoms with E-state index in [4.69, 9.17) is 20.4 Å². The van der Waals surface area contributed by atoms with Crippen molar-refractivity contribution in [2.75, 3.05) is 19.4 Å². The van der Waals surface area contributed by atoms with E-state index in [1.807, 2.05) is 24.3 Å². The van der Waals surface area contributed by atoms with Crippen LogP contribution in [0.3, 0.4) is 0 Å². The van der Waals surface area contributed by atoms with E-state index in [9.17, 15) is 10.1 Å². The van der Waals surface area contributed by atoms with Gasteiger partial charge in [0.05, 0.1) is 18.4 Å². The van der Waals surface area contributed by atoms with Crippen LogP contribution in [0.1, 0.15) is 27.2 Å². The molecule has 0 spiro atoms. The number of anilines is 1. The Morgan fingerprint density at radius 2 is 2.06 bits per heavy atom. The zero-order chi connectivity index (χ0) is 23.1. The van der Waals surface area contributed by atoms with Crippen LogP contribution in [0.4, 0.5) is 5.82 Å². The SMILES string of the molecule is COc1ccccc1-c1c(C#N)c(N)nc2c1CN(C(=O)c1cccnc1)CC2.O=CO. The Morgan fingerprint density at radius 1 is 1.31 bits per heavy atom. The molecule has 0 fully saturated rings. The molecular weight excluding hydrogens is 410 g/mol. The molecule has 0 aliphatic carbocycles. The van der Waals surface area contributed by atoms with Gasteiger partial charge in [0.2, 0.25) is 0 Å². The molecule has 1 amide bonds. The number of benzene rings is 1. The van der Waals surface area contributed by atoms with Crippen LogP contribution in [-0.2, 0) is 17.8 Å². The summed E-state index contributed by atoms with van der Waals surface area (Å²) in [6.07, 6.45) is 3.74. The minimum absolute atomic E-state index is 0.106. The van der Waals surface area contributed by atoms with E-state index in [2.05, 4.69) is 16.0 Å². The lowest BCUT2D eigenvalue weighted by Gasteiger charge is -2.31. The molecule has 1 aliphatic heterocycles. The highest BCUT2D eigenvalue weighted by atomic mass is 16.5.